The van der Waals surface area contributed by atoms with Crippen molar-refractivity contribution in [1.82, 2.24) is 5.32 Å². The van der Waals surface area contributed by atoms with Crippen molar-refractivity contribution in [2.45, 2.75) is 0 Å². The third-order valence-electron chi connectivity index (χ3n) is 4.29. The summed E-state index contributed by atoms with van der Waals surface area (Å²) in [6, 6.07) is 23.0. The smallest absolute Gasteiger partial charge is 0.272 e. The Labute approximate surface area is 175 Å². The number of carbonyl (C=O) groups is 2. The first-order chi connectivity index (χ1) is 14.6. The van der Waals surface area contributed by atoms with Gasteiger partial charge in [0.05, 0.1) is 14.2 Å². The molecule has 0 atom stereocenters. The van der Waals surface area contributed by atoms with Crippen LogP contribution in [0.25, 0.3) is 6.08 Å². The third kappa shape index (κ3) is 5.05. The highest BCUT2D eigenvalue weighted by molar-refractivity contribution is 6.10. The minimum atomic E-state index is -0.463. The zero-order valence-electron chi connectivity index (χ0n) is 16.7. The number of methoxy groups -OCH3 is 2. The summed E-state index contributed by atoms with van der Waals surface area (Å²) < 4.78 is 10.8. The molecule has 0 aliphatic carbocycles. The molecule has 0 bridgehead atoms. The number of benzene rings is 3. The number of hydrogen-bond donors (Lipinski definition) is 2. The van der Waals surface area contributed by atoms with Gasteiger partial charge in [0.25, 0.3) is 11.8 Å². The number of anilines is 1. The van der Waals surface area contributed by atoms with Crippen LogP contribution in [0.2, 0.25) is 0 Å². The van der Waals surface area contributed by atoms with Crippen LogP contribution >= 0.6 is 0 Å². The van der Waals surface area contributed by atoms with Crippen molar-refractivity contribution in [3.8, 4) is 11.5 Å². The molecule has 2 amide bonds. The van der Waals surface area contributed by atoms with Gasteiger partial charge in [-0.1, -0.05) is 48.5 Å². The van der Waals surface area contributed by atoms with Gasteiger partial charge in [-0.15, -0.1) is 0 Å². The van der Waals surface area contributed by atoms with Crippen molar-refractivity contribution in [2.24, 2.45) is 0 Å². The van der Waals surface area contributed by atoms with Crippen molar-refractivity contribution >= 4 is 23.6 Å². The molecule has 0 spiro atoms. The average Bonchev–Trinajstić information content (AvgIpc) is 2.79. The van der Waals surface area contributed by atoms with Crippen molar-refractivity contribution in [3.63, 3.8) is 0 Å². The topological polar surface area (TPSA) is 76.7 Å². The van der Waals surface area contributed by atoms with Crippen LogP contribution in [0.4, 0.5) is 5.69 Å². The zero-order valence-corrected chi connectivity index (χ0v) is 16.7. The van der Waals surface area contributed by atoms with E-state index in [1.165, 1.54) is 14.2 Å². The first kappa shape index (κ1) is 20.7. The van der Waals surface area contributed by atoms with Crippen molar-refractivity contribution in [1.29, 1.82) is 0 Å². The molecule has 0 radical (unpaired) electrons. The van der Waals surface area contributed by atoms with Crippen LogP contribution in [-0.4, -0.2) is 26.0 Å². The summed E-state index contributed by atoms with van der Waals surface area (Å²) in [6.45, 7) is 0. The standard InChI is InChI=1S/C24H22N2O4/c1-29-21-15-9-12-18(22(21)30-2)16-20(24(28)25-19-13-7-4-8-14-19)26-23(27)17-10-5-3-6-11-17/h3-16H,1-2H3,(H,25,28)(H,26,27). The number of hydrogen-bond acceptors (Lipinski definition) is 4. The lowest BCUT2D eigenvalue weighted by atomic mass is 10.1. The molecular weight excluding hydrogens is 380 g/mol. The lowest BCUT2D eigenvalue weighted by molar-refractivity contribution is -0.113. The molecular formula is C24H22N2O4. The predicted molar refractivity (Wildman–Crippen MR) is 117 cm³/mol. The Morgan fingerprint density at radius 2 is 1.47 bits per heavy atom. The lowest BCUT2D eigenvalue weighted by Gasteiger charge is -2.14. The van der Waals surface area contributed by atoms with Gasteiger partial charge in [-0.2, -0.15) is 0 Å². The molecule has 0 aromatic heterocycles. The first-order valence-corrected chi connectivity index (χ1v) is 9.28. The number of amides is 2. The summed E-state index contributed by atoms with van der Waals surface area (Å²) in [4.78, 5) is 25.7. The highest BCUT2D eigenvalue weighted by atomic mass is 16.5. The SMILES string of the molecule is COc1cccc(C=C(NC(=O)c2ccccc2)C(=O)Nc2ccccc2)c1OC. The number of nitrogens with one attached hydrogen (secondary N) is 2. The lowest BCUT2D eigenvalue weighted by Crippen LogP contribution is -2.30. The summed E-state index contributed by atoms with van der Waals surface area (Å²) in [6.07, 6.45) is 1.56. The van der Waals surface area contributed by atoms with E-state index < -0.39 is 11.8 Å². The first-order valence-electron chi connectivity index (χ1n) is 9.28. The van der Waals surface area contributed by atoms with E-state index in [0.29, 0.717) is 28.3 Å². The van der Waals surface area contributed by atoms with Gasteiger partial charge in [-0.25, -0.2) is 0 Å². The van der Waals surface area contributed by atoms with Crippen LogP contribution in [0.1, 0.15) is 15.9 Å². The van der Waals surface area contributed by atoms with E-state index in [4.69, 9.17) is 9.47 Å². The van der Waals surface area contributed by atoms with Crippen molar-refractivity contribution in [3.05, 3.63) is 95.7 Å². The van der Waals surface area contributed by atoms with Crippen molar-refractivity contribution in [2.75, 3.05) is 19.5 Å². The maximum Gasteiger partial charge on any atom is 0.272 e. The van der Waals surface area contributed by atoms with Gasteiger partial charge in [0.1, 0.15) is 5.70 Å². The van der Waals surface area contributed by atoms with Gasteiger partial charge < -0.3 is 20.1 Å². The fourth-order valence-electron chi connectivity index (χ4n) is 2.84. The molecule has 30 heavy (non-hydrogen) atoms. The minimum Gasteiger partial charge on any atom is -0.493 e. The maximum absolute atomic E-state index is 13.0. The molecule has 0 aliphatic heterocycles. The molecule has 0 heterocycles. The minimum absolute atomic E-state index is 0.0688. The Morgan fingerprint density at radius 1 is 0.800 bits per heavy atom. The fraction of sp³-hybridized carbons (Fsp3) is 0.0833. The maximum atomic E-state index is 13.0. The van der Waals surface area contributed by atoms with Crippen LogP contribution < -0.4 is 20.1 Å². The Bertz CT molecular complexity index is 1050. The second-order valence-corrected chi connectivity index (χ2v) is 6.28. The summed E-state index contributed by atoms with van der Waals surface area (Å²) in [5.41, 5.74) is 1.70. The summed E-state index contributed by atoms with van der Waals surface area (Å²) in [5, 5.41) is 5.50. The normalized spacial score (nSPS) is 10.8. The number of carbonyl (C=O) groups excluding carboxylic acids is 2. The van der Waals surface area contributed by atoms with E-state index in [-0.39, 0.29) is 5.70 Å². The zero-order chi connectivity index (χ0) is 21.3. The molecule has 2 N–H and O–H groups in total. The van der Waals surface area contributed by atoms with Crippen LogP contribution in [-0.2, 0) is 4.79 Å². The van der Waals surface area contributed by atoms with E-state index >= 15 is 0 Å². The Balaban J connectivity index is 1.97. The highest BCUT2D eigenvalue weighted by Crippen LogP contribution is 2.32. The Hall–Kier alpha value is -4.06. The largest absolute Gasteiger partial charge is 0.493 e. The molecule has 6 heteroatoms. The highest BCUT2D eigenvalue weighted by Gasteiger charge is 2.17. The monoisotopic (exact) mass is 402 g/mol. The number of para-hydroxylation sites is 2. The van der Waals surface area contributed by atoms with Crippen LogP contribution in [0.3, 0.4) is 0 Å². The van der Waals surface area contributed by atoms with Crippen molar-refractivity contribution < 1.29 is 19.1 Å². The molecule has 3 rings (SSSR count). The molecule has 0 aliphatic rings. The summed E-state index contributed by atoms with van der Waals surface area (Å²) in [7, 11) is 3.05. The van der Waals surface area contributed by atoms with Gasteiger partial charge >= 0.3 is 0 Å². The number of rotatable bonds is 7. The third-order valence-corrected chi connectivity index (χ3v) is 4.29. The average molecular weight is 402 g/mol. The molecule has 0 unspecified atom stereocenters. The fourth-order valence-corrected chi connectivity index (χ4v) is 2.84. The van der Waals surface area contributed by atoms with Gasteiger partial charge in [0.2, 0.25) is 0 Å². The quantitative estimate of drug-likeness (QED) is 0.583. The predicted octanol–water partition coefficient (Wildman–Crippen LogP) is 4.11. The Morgan fingerprint density at radius 3 is 2.10 bits per heavy atom. The second kappa shape index (κ2) is 9.93. The van der Waals surface area contributed by atoms with E-state index in [1.54, 1.807) is 60.7 Å². The molecule has 0 saturated heterocycles. The number of ether oxygens (including phenoxy) is 2. The van der Waals surface area contributed by atoms with Gasteiger partial charge in [0.15, 0.2) is 11.5 Å². The van der Waals surface area contributed by atoms with E-state index in [0.717, 1.165) is 0 Å². The van der Waals surface area contributed by atoms with Crippen LogP contribution in [0, 0.1) is 0 Å². The Kier molecular flexibility index (Phi) is 6.84. The van der Waals surface area contributed by atoms with Crippen LogP contribution in [0.5, 0.6) is 11.5 Å². The second-order valence-electron chi connectivity index (χ2n) is 6.28. The molecule has 152 valence electrons. The van der Waals surface area contributed by atoms with E-state index in [9.17, 15) is 9.59 Å². The van der Waals surface area contributed by atoms with Crippen LogP contribution in [0.15, 0.2) is 84.6 Å². The van der Waals surface area contributed by atoms with E-state index in [2.05, 4.69) is 10.6 Å². The molecule has 3 aromatic rings. The molecule has 0 saturated carbocycles. The van der Waals surface area contributed by atoms with E-state index in [1.807, 2.05) is 24.3 Å². The van der Waals surface area contributed by atoms with Gasteiger partial charge in [0, 0.05) is 16.8 Å². The molecule has 0 fully saturated rings. The molecule has 6 nitrogen and oxygen atoms in total. The van der Waals surface area contributed by atoms with Gasteiger partial charge in [-0.05, 0) is 36.4 Å². The summed E-state index contributed by atoms with van der Waals surface area (Å²) in [5.74, 6) is 0.115. The molecule has 3 aromatic carbocycles. The summed E-state index contributed by atoms with van der Waals surface area (Å²) >= 11 is 0. The van der Waals surface area contributed by atoms with Gasteiger partial charge in [-0.3, -0.25) is 9.59 Å².